The maximum absolute atomic E-state index is 6.51. The van der Waals surface area contributed by atoms with Crippen molar-refractivity contribution in [2.24, 2.45) is 0 Å². The lowest BCUT2D eigenvalue weighted by atomic mass is 9.83. The Bertz CT molecular complexity index is 2890. The van der Waals surface area contributed by atoms with E-state index in [0.717, 1.165) is 43.9 Å². The highest BCUT2D eigenvalue weighted by molar-refractivity contribution is 6.35. The van der Waals surface area contributed by atoms with E-state index >= 15 is 0 Å². The lowest BCUT2D eigenvalue weighted by Crippen LogP contribution is -1.93. The summed E-state index contributed by atoms with van der Waals surface area (Å²) in [6.45, 7) is 0. The predicted molar refractivity (Wildman–Crippen MR) is 211 cm³/mol. The van der Waals surface area contributed by atoms with E-state index in [-0.39, 0.29) is 0 Å². The molecule has 0 saturated carbocycles. The molecule has 2 heterocycles. The van der Waals surface area contributed by atoms with Crippen molar-refractivity contribution in [3.63, 3.8) is 0 Å². The van der Waals surface area contributed by atoms with Crippen molar-refractivity contribution in [3.8, 4) is 22.3 Å². The largest absolute Gasteiger partial charge is 0.361 e. The lowest BCUT2D eigenvalue weighted by molar-refractivity contribution is 0.660. The van der Waals surface area contributed by atoms with Crippen LogP contribution in [0, 0.1) is 0 Å². The fraction of sp³-hybridized carbons (Fsp3) is 0. The zero-order chi connectivity index (χ0) is 32.8. The van der Waals surface area contributed by atoms with Gasteiger partial charge in [-0.2, -0.15) is 0 Å². The third-order valence-corrected chi connectivity index (χ3v) is 10.4. The van der Waals surface area contributed by atoms with E-state index in [4.69, 9.17) is 8.83 Å². The van der Waals surface area contributed by atoms with E-state index in [0.29, 0.717) is 0 Å². The van der Waals surface area contributed by atoms with Crippen LogP contribution in [0.4, 0.5) is 0 Å². The second-order valence-corrected chi connectivity index (χ2v) is 13.1. The quantitative estimate of drug-likeness (QED) is 0.107. The monoisotopic (exact) mass is 636 g/mol. The molecule has 11 rings (SSSR count). The van der Waals surface area contributed by atoms with E-state index in [2.05, 4.69) is 170 Å². The zero-order valence-electron chi connectivity index (χ0n) is 27.0. The number of benzene rings is 9. The molecule has 2 aromatic heterocycles. The van der Waals surface area contributed by atoms with Crippen LogP contribution in [0.5, 0.6) is 0 Å². The third-order valence-electron chi connectivity index (χ3n) is 10.4. The summed E-state index contributed by atoms with van der Waals surface area (Å²) in [5.41, 5.74) is 8.23. The Balaban J connectivity index is 1.43. The van der Waals surface area contributed by atoms with E-state index < -0.39 is 0 Å². The molecule has 230 valence electrons. The minimum Gasteiger partial charge on any atom is -0.207 e. The van der Waals surface area contributed by atoms with Crippen LogP contribution in [0.3, 0.4) is 0 Å². The Morgan fingerprint density at radius 3 is 0.960 bits per heavy atom. The maximum Gasteiger partial charge on any atom is 0.361 e. The van der Waals surface area contributed by atoms with Crippen molar-refractivity contribution >= 4 is 87.0 Å². The molecule has 0 atom stereocenters. The molecule has 0 amide bonds. The highest BCUT2D eigenvalue weighted by atomic mass is 16.3. The first-order valence-electron chi connectivity index (χ1n) is 17.1. The maximum atomic E-state index is 6.51. The highest BCUT2D eigenvalue weighted by Crippen LogP contribution is 2.49. The molecule has 0 radical (unpaired) electrons. The number of fused-ring (bicyclic) bond motifs is 11. The Kier molecular flexibility index (Phi) is 5.70. The van der Waals surface area contributed by atoms with Crippen molar-refractivity contribution in [2.45, 2.75) is 0 Å². The summed E-state index contributed by atoms with van der Waals surface area (Å²) in [7, 11) is 0. The smallest absolute Gasteiger partial charge is 0.207 e. The fourth-order valence-corrected chi connectivity index (χ4v) is 8.35. The molecule has 2 nitrogen and oxygen atoms in total. The summed E-state index contributed by atoms with van der Waals surface area (Å²) in [6, 6.07) is 60.8. The summed E-state index contributed by atoms with van der Waals surface area (Å²) in [5, 5.41) is 14.3. The molecule has 0 unspecified atom stereocenters. The SMILES string of the molecule is c1ccc2cc3c(cc2c1)c1cccc(-c2c4ccccc4[o+]c4ccccc24)c1c1c(-c2c4ccccc4[o+]c4ccccc24)cccc31. The molecule has 0 aliphatic rings. The Morgan fingerprint density at radius 1 is 0.260 bits per heavy atom. The van der Waals surface area contributed by atoms with Gasteiger partial charge in [0.1, 0.15) is 0 Å². The van der Waals surface area contributed by atoms with Crippen molar-refractivity contribution in [1.29, 1.82) is 0 Å². The van der Waals surface area contributed by atoms with Gasteiger partial charge in [0.2, 0.25) is 0 Å². The van der Waals surface area contributed by atoms with Crippen molar-refractivity contribution < 1.29 is 8.83 Å². The van der Waals surface area contributed by atoms with Gasteiger partial charge in [-0.15, -0.1) is 0 Å². The van der Waals surface area contributed by atoms with E-state index in [1.165, 1.54) is 65.3 Å². The molecule has 50 heavy (non-hydrogen) atoms. The molecule has 0 saturated heterocycles. The molecule has 0 aliphatic heterocycles. The van der Waals surface area contributed by atoms with Gasteiger partial charge in [-0.05, 0) is 90.6 Å². The average molecular weight is 637 g/mol. The molecular formula is C48H28O2+2. The standard InChI is InChI=1S/C48H28O2/c1-2-14-30-28-40-32-20-12-22-38(46-35-17-5-9-25-43(35)50-44-26-10-6-18-36(44)46)48(32)47-31(39(40)27-29(30)13-1)19-11-21-37(47)45-33-15-3-7-23-41(33)49-42-24-8-4-16-34(42)45/h1-28H/q+2. The first-order valence-corrected chi connectivity index (χ1v) is 17.1. The van der Waals surface area contributed by atoms with Gasteiger partial charge in [0.15, 0.2) is 0 Å². The number of para-hydroxylation sites is 4. The topological polar surface area (TPSA) is 22.6 Å². The van der Waals surface area contributed by atoms with Crippen LogP contribution in [0.25, 0.3) is 109 Å². The zero-order valence-corrected chi connectivity index (χ0v) is 27.0. The van der Waals surface area contributed by atoms with E-state index in [9.17, 15) is 0 Å². The van der Waals surface area contributed by atoms with Crippen LogP contribution in [0.2, 0.25) is 0 Å². The molecule has 0 aliphatic carbocycles. The molecule has 0 fully saturated rings. The first-order chi connectivity index (χ1) is 24.8. The van der Waals surface area contributed by atoms with Gasteiger partial charge in [0.05, 0.1) is 21.5 Å². The first kappa shape index (κ1) is 27.3. The van der Waals surface area contributed by atoms with Crippen LogP contribution >= 0.6 is 0 Å². The average Bonchev–Trinajstić information content (AvgIpc) is 3.18. The van der Waals surface area contributed by atoms with E-state index in [1.54, 1.807) is 0 Å². The summed E-state index contributed by atoms with van der Waals surface area (Å²) in [4.78, 5) is 0. The molecular weight excluding hydrogens is 609 g/mol. The van der Waals surface area contributed by atoms with Crippen molar-refractivity contribution in [1.82, 2.24) is 0 Å². The minimum atomic E-state index is 0.871. The third kappa shape index (κ3) is 3.85. The predicted octanol–water partition coefficient (Wildman–Crippen LogP) is 14.0. The minimum absolute atomic E-state index is 0.871. The van der Waals surface area contributed by atoms with Gasteiger partial charge < -0.3 is 0 Å². The second-order valence-electron chi connectivity index (χ2n) is 13.1. The Morgan fingerprint density at radius 2 is 0.580 bits per heavy atom. The van der Waals surface area contributed by atoms with Gasteiger partial charge in [0.25, 0.3) is 0 Å². The van der Waals surface area contributed by atoms with Crippen LogP contribution in [-0.4, -0.2) is 0 Å². The molecule has 2 heteroatoms. The fourth-order valence-electron chi connectivity index (χ4n) is 8.35. The summed E-state index contributed by atoms with van der Waals surface area (Å²) >= 11 is 0. The molecule has 0 N–H and O–H groups in total. The number of hydrogen-bond donors (Lipinski definition) is 0. The molecule has 9 aromatic carbocycles. The number of hydrogen-bond acceptors (Lipinski definition) is 0. The lowest BCUT2D eigenvalue weighted by Gasteiger charge is -2.19. The van der Waals surface area contributed by atoms with Crippen molar-refractivity contribution in [2.75, 3.05) is 0 Å². The molecule has 0 bridgehead atoms. The summed E-state index contributed by atoms with van der Waals surface area (Å²) in [6.07, 6.45) is 0. The second kappa shape index (κ2) is 10.4. The van der Waals surface area contributed by atoms with Gasteiger partial charge in [-0.1, -0.05) is 109 Å². The molecule has 0 spiro atoms. The van der Waals surface area contributed by atoms with Gasteiger partial charge in [-0.25, -0.2) is 8.83 Å². The van der Waals surface area contributed by atoms with Crippen LogP contribution < -0.4 is 0 Å². The normalized spacial score (nSPS) is 12.0. The Labute approximate surface area is 287 Å². The van der Waals surface area contributed by atoms with E-state index in [1.807, 2.05) is 0 Å². The van der Waals surface area contributed by atoms with Crippen LogP contribution in [0.1, 0.15) is 0 Å². The Hall–Kier alpha value is -6.64. The highest BCUT2D eigenvalue weighted by Gasteiger charge is 2.26. The molecule has 11 aromatic rings. The van der Waals surface area contributed by atoms with Gasteiger partial charge in [-0.3, -0.25) is 0 Å². The summed E-state index contributed by atoms with van der Waals surface area (Å²) in [5.74, 6) is 0. The summed E-state index contributed by atoms with van der Waals surface area (Å²) < 4.78 is 13.0. The van der Waals surface area contributed by atoms with Crippen LogP contribution in [-0.2, 0) is 0 Å². The van der Waals surface area contributed by atoms with Gasteiger partial charge >= 0.3 is 22.3 Å². The van der Waals surface area contributed by atoms with Gasteiger partial charge in [0, 0.05) is 35.4 Å². The van der Waals surface area contributed by atoms with Crippen molar-refractivity contribution in [3.05, 3.63) is 170 Å². The van der Waals surface area contributed by atoms with Crippen LogP contribution in [0.15, 0.2) is 179 Å². The number of rotatable bonds is 2.